The van der Waals surface area contributed by atoms with E-state index in [9.17, 15) is 9.59 Å². The summed E-state index contributed by atoms with van der Waals surface area (Å²) in [6.45, 7) is 5.29. The highest BCUT2D eigenvalue weighted by molar-refractivity contribution is 5.92. The van der Waals surface area contributed by atoms with E-state index in [1.807, 2.05) is 19.9 Å². The van der Waals surface area contributed by atoms with Gasteiger partial charge in [-0.15, -0.1) is 0 Å². The van der Waals surface area contributed by atoms with Gasteiger partial charge in [0.25, 0.3) is 5.56 Å². The second kappa shape index (κ2) is 7.16. The van der Waals surface area contributed by atoms with Gasteiger partial charge in [0.15, 0.2) is 0 Å². The van der Waals surface area contributed by atoms with E-state index in [1.54, 1.807) is 19.1 Å². The first-order valence-corrected chi connectivity index (χ1v) is 7.67. The van der Waals surface area contributed by atoms with Gasteiger partial charge in [-0.1, -0.05) is 13.0 Å². The maximum absolute atomic E-state index is 12.4. The number of methoxy groups -OCH3 is 1. The lowest BCUT2D eigenvalue weighted by Crippen LogP contribution is -2.32. The molecule has 1 heterocycles. The molecule has 24 heavy (non-hydrogen) atoms. The van der Waals surface area contributed by atoms with Crippen LogP contribution in [0.25, 0.3) is 0 Å². The van der Waals surface area contributed by atoms with Gasteiger partial charge < -0.3 is 15.8 Å². The molecule has 0 bridgehead atoms. The molecule has 128 valence electrons. The third-order valence-electron chi connectivity index (χ3n) is 3.79. The van der Waals surface area contributed by atoms with Crippen LogP contribution in [0.3, 0.4) is 0 Å². The number of anilines is 2. The second-order valence-corrected chi connectivity index (χ2v) is 5.54. The zero-order valence-corrected chi connectivity index (χ0v) is 14.3. The van der Waals surface area contributed by atoms with Crippen molar-refractivity contribution in [2.45, 2.75) is 33.7 Å². The number of hydrogen-bond acceptors (Lipinski definition) is 5. The van der Waals surface area contributed by atoms with Crippen molar-refractivity contribution in [1.82, 2.24) is 9.55 Å². The number of amides is 1. The molecule has 2 aromatic rings. The van der Waals surface area contributed by atoms with Gasteiger partial charge in [-0.2, -0.15) is 0 Å². The summed E-state index contributed by atoms with van der Waals surface area (Å²) >= 11 is 0. The minimum absolute atomic E-state index is 0.0359. The molecule has 3 N–H and O–H groups in total. The van der Waals surface area contributed by atoms with Crippen LogP contribution >= 0.6 is 0 Å². The van der Waals surface area contributed by atoms with Gasteiger partial charge >= 0.3 is 0 Å². The number of nitrogens with two attached hydrogens (primary N) is 1. The number of hydrogen-bond donors (Lipinski definition) is 2. The maximum atomic E-state index is 12.4. The van der Waals surface area contributed by atoms with Crippen LogP contribution in [0.15, 0.2) is 23.0 Å². The van der Waals surface area contributed by atoms with Crippen LogP contribution in [0.4, 0.5) is 11.6 Å². The molecule has 0 fully saturated rings. The molecule has 0 aliphatic rings. The Morgan fingerprint density at radius 2 is 2.08 bits per heavy atom. The summed E-state index contributed by atoms with van der Waals surface area (Å²) in [7, 11) is 1.53. The zero-order chi connectivity index (χ0) is 17.9. The minimum atomic E-state index is -0.377. The molecule has 0 saturated carbocycles. The number of ether oxygens (including phenoxy) is 1. The molecule has 2 rings (SSSR count). The Balaban J connectivity index is 2.27. The molecule has 1 amide bonds. The number of carbonyl (C=O) groups is 1. The molecule has 1 aromatic carbocycles. The number of aryl methyl sites for hydroxylation is 2. The van der Waals surface area contributed by atoms with Crippen molar-refractivity contribution in [1.29, 1.82) is 0 Å². The SMILES string of the molecule is CCc1nc(N)n(CC(=O)Nc2cc(C)ccc2OC)c(=O)c1C. The Morgan fingerprint density at radius 3 is 2.71 bits per heavy atom. The first-order valence-electron chi connectivity index (χ1n) is 7.67. The Labute approximate surface area is 140 Å². The molecule has 0 aliphatic heterocycles. The van der Waals surface area contributed by atoms with Gasteiger partial charge in [-0.3, -0.25) is 14.2 Å². The Hall–Kier alpha value is -2.83. The average Bonchev–Trinajstić information content (AvgIpc) is 2.55. The summed E-state index contributed by atoms with van der Waals surface area (Å²) in [6.07, 6.45) is 0.610. The molecule has 0 spiro atoms. The Bertz CT molecular complexity index is 827. The molecule has 7 nitrogen and oxygen atoms in total. The topological polar surface area (TPSA) is 99.2 Å². The molecule has 0 unspecified atom stereocenters. The molecular formula is C17H22N4O3. The first-order chi connectivity index (χ1) is 11.4. The number of carbonyl (C=O) groups excluding carboxylic acids is 1. The van der Waals surface area contributed by atoms with Crippen molar-refractivity contribution in [2.75, 3.05) is 18.2 Å². The minimum Gasteiger partial charge on any atom is -0.495 e. The fourth-order valence-electron chi connectivity index (χ4n) is 2.46. The lowest BCUT2D eigenvalue weighted by molar-refractivity contribution is -0.116. The summed E-state index contributed by atoms with van der Waals surface area (Å²) in [5, 5.41) is 2.75. The highest BCUT2D eigenvalue weighted by atomic mass is 16.5. The Kier molecular flexibility index (Phi) is 5.23. The van der Waals surface area contributed by atoms with Crippen LogP contribution in [0.5, 0.6) is 5.75 Å². The third-order valence-corrected chi connectivity index (χ3v) is 3.79. The predicted molar refractivity (Wildman–Crippen MR) is 93.4 cm³/mol. The lowest BCUT2D eigenvalue weighted by atomic mass is 10.2. The fraction of sp³-hybridized carbons (Fsp3) is 0.353. The Morgan fingerprint density at radius 1 is 1.38 bits per heavy atom. The van der Waals surface area contributed by atoms with E-state index in [0.29, 0.717) is 29.1 Å². The van der Waals surface area contributed by atoms with Crippen LogP contribution in [0, 0.1) is 13.8 Å². The molecule has 0 aliphatic carbocycles. The smallest absolute Gasteiger partial charge is 0.258 e. The highest BCUT2D eigenvalue weighted by Gasteiger charge is 2.14. The first kappa shape index (κ1) is 17.5. The third kappa shape index (κ3) is 3.56. The van der Waals surface area contributed by atoms with E-state index in [2.05, 4.69) is 10.3 Å². The van der Waals surface area contributed by atoms with E-state index < -0.39 is 0 Å². The van der Waals surface area contributed by atoms with Crippen LogP contribution in [-0.2, 0) is 17.8 Å². The second-order valence-electron chi connectivity index (χ2n) is 5.54. The molecular weight excluding hydrogens is 308 g/mol. The molecule has 0 atom stereocenters. The van der Waals surface area contributed by atoms with E-state index in [1.165, 1.54) is 11.7 Å². The van der Waals surface area contributed by atoms with E-state index >= 15 is 0 Å². The quantitative estimate of drug-likeness (QED) is 0.868. The highest BCUT2D eigenvalue weighted by Crippen LogP contribution is 2.25. The number of benzene rings is 1. The van der Waals surface area contributed by atoms with Crippen molar-refractivity contribution >= 4 is 17.5 Å². The number of nitrogen functional groups attached to an aromatic ring is 1. The van der Waals surface area contributed by atoms with Crippen molar-refractivity contribution in [3.63, 3.8) is 0 Å². The van der Waals surface area contributed by atoms with Crippen molar-refractivity contribution in [3.8, 4) is 5.75 Å². The van der Waals surface area contributed by atoms with E-state index in [-0.39, 0.29) is 24.0 Å². The van der Waals surface area contributed by atoms with E-state index in [0.717, 1.165) is 5.56 Å². The molecule has 7 heteroatoms. The summed E-state index contributed by atoms with van der Waals surface area (Å²) in [5.41, 5.74) is 8.21. The molecule has 0 saturated heterocycles. The van der Waals surface area contributed by atoms with Gasteiger partial charge in [0.05, 0.1) is 18.5 Å². The fourth-order valence-corrected chi connectivity index (χ4v) is 2.46. The zero-order valence-electron chi connectivity index (χ0n) is 14.3. The van der Waals surface area contributed by atoms with Crippen molar-refractivity contribution in [3.05, 3.63) is 45.4 Å². The van der Waals surface area contributed by atoms with Gasteiger partial charge in [0.2, 0.25) is 11.9 Å². The van der Waals surface area contributed by atoms with Crippen molar-refractivity contribution in [2.24, 2.45) is 0 Å². The van der Waals surface area contributed by atoms with Crippen molar-refractivity contribution < 1.29 is 9.53 Å². The molecule has 0 radical (unpaired) electrons. The largest absolute Gasteiger partial charge is 0.495 e. The van der Waals surface area contributed by atoms with E-state index in [4.69, 9.17) is 10.5 Å². The maximum Gasteiger partial charge on any atom is 0.258 e. The monoisotopic (exact) mass is 330 g/mol. The van der Waals surface area contributed by atoms with Gasteiger partial charge in [-0.25, -0.2) is 4.98 Å². The number of rotatable bonds is 5. The summed E-state index contributed by atoms with van der Waals surface area (Å²) in [6, 6.07) is 5.45. The van der Waals surface area contributed by atoms with Crippen LogP contribution in [0.2, 0.25) is 0 Å². The normalized spacial score (nSPS) is 10.5. The van der Waals surface area contributed by atoms with Gasteiger partial charge in [0.1, 0.15) is 12.3 Å². The summed E-state index contributed by atoms with van der Waals surface area (Å²) < 4.78 is 6.40. The summed E-state index contributed by atoms with van der Waals surface area (Å²) in [5.74, 6) is 0.205. The molecule has 1 aromatic heterocycles. The van der Waals surface area contributed by atoms with Crippen LogP contribution in [-0.4, -0.2) is 22.6 Å². The average molecular weight is 330 g/mol. The summed E-state index contributed by atoms with van der Waals surface area (Å²) in [4.78, 5) is 28.9. The number of aromatic nitrogens is 2. The standard InChI is InChI=1S/C17H22N4O3/c1-5-12-11(3)16(23)21(17(18)20-12)9-15(22)19-13-8-10(2)6-7-14(13)24-4/h6-8H,5,9H2,1-4H3,(H2,18,20)(H,19,22). The lowest BCUT2D eigenvalue weighted by Gasteiger charge is -2.14. The predicted octanol–water partition coefficient (Wildman–Crippen LogP) is 1.65. The van der Waals surface area contributed by atoms with Crippen LogP contribution < -0.4 is 21.3 Å². The van der Waals surface area contributed by atoms with Crippen LogP contribution in [0.1, 0.15) is 23.7 Å². The van der Waals surface area contributed by atoms with Gasteiger partial charge in [0, 0.05) is 5.56 Å². The number of nitrogens with one attached hydrogen (secondary N) is 1. The van der Waals surface area contributed by atoms with Gasteiger partial charge in [-0.05, 0) is 38.0 Å². The number of nitrogens with zero attached hydrogens (tertiary/aromatic N) is 2.